The summed E-state index contributed by atoms with van der Waals surface area (Å²) in [5, 5.41) is 19.1. The van der Waals surface area contributed by atoms with Crippen LogP contribution in [0, 0.1) is 0 Å². The Morgan fingerprint density at radius 1 is 0.667 bits per heavy atom. The van der Waals surface area contributed by atoms with Gasteiger partial charge in [-0.15, -0.1) is 0 Å². The van der Waals surface area contributed by atoms with Crippen molar-refractivity contribution in [3.05, 3.63) is 64.4 Å². The Labute approximate surface area is 380 Å². The number of aromatic nitrogens is 1. The van der Waals surface area contributed by atoms with Crippen molar-refractivity contribution in [2.24, 2.45) is 0 Å². The molecule has 22 heteroatoms. The molecule has 2 aromatic carbocycles. The van der Waals surface area contributed by atoms with Gasteiger partial charge < -0.3 is 72.0 Å². The first-order valence-corrected chi connectivity index (χ1v) is 21.5. The van der Waals surface area contributed by atoms with Gasteiger partial charge in [0.05, 0.1) is 157 Å². The number of aliphatic carboxylic acids is 1. The molecular weight excluding hydrogens is 885 g/mol. The van der Waals surface area contributed by atoms with Crippen molar-refractivity contribution in [2.75, 3.05) is 157 Å². The molecule has 1 aromatic heterocycles. The highest BCUT2D eigenvalue weighted by Crippen LogP contribution is 2.37. The fourth-order valence-corrected chi connectivity index (χ4v) is 6.24. The molecule has 370 valence electrons. The van der Waals surface area contributed by atoms with Crippen LogP contribution in [0.3, 0.4) is 0 Å². The Bertz CT molecular complexity index is 1920. The fourth-order valence-electron chi connectivity index (χ4n) is 6.24. The molecule has 3 aromatic rings. The number of carboxylic acid groups (broad SMARTS) is 1. The van der Waals surface area contributed by atoms with E-state index in [1.54, 1.807) is 0 Å². The van der Waals surface area contributed by atoms with Crippen molar-refractivity contribution in [1.29, 1.82) is 0 Å². The highest BCUT2D eigenvalue weighted by Gasteiger charge is 2.51. The number of H-pyrrole nitrogens is 1. The molecule has 3 N–H and O–H groups in total. The number of benzene rings is 2. The van der Waals surface area contributed by atoms with E-state index >= 15 is 0 Å². The van der Waals surface area contributed by atoms with Crippen molar-refractivity contribution >= 4 is 28.5 Å². The standard InChI is InChI=1S/C44H61F3N2O17/c1-43(41(52)53,39-32-49(42(54)66-39)34-7-6-33-30-38(48-40(51)36(33)31-34)35-4-2-3-5-37(35)44(45,46)47)65-29-28-64-27-26-63-25-24-62-23-22-61-21-20-60-19-18-59-17-16-58-15-14-57-13-12-56-11-10-55-9-8-50/h2-7,30-31,39,50H,8-29,32H2,1H3,(H,48,51)(H,52,53)/t39?,43-/m0/s1. The summed E-state index contributed by atoms with van der Waals surface area (Å²) in [6.07, 6.45) is -6.76. The minimum absolute atomic E-state index is 0.000246. The van der Waals surface area contributed by atoms with E-state index in [0.717, 1.165) is 11.0 Å². The third-order valence-corrected chi connectivity index (χ3v) is 9.73. The topological polar surface area (TPSA) is 221 Å². The molecular formula is C44H61F3N2O17. The van der Waals surface area contributed by atoms with E-state index in [1.165, 1.54) is 49.4 Å². The van der Waals surface area contributed by atoms with Crippen LogP contribution in [0.5, 0.6) is 0 Å². The number of alkyl halides is 3. The van der Waals surface area contributed by atoms with Crippen LogP contribution in [-0.4, -0.2) is 191 Å². The van der Waals surface area contributed by atoms with Crippen molar-refractivity contribution in [2.45, 2.75) is 24.8 Å². The number of amides is 1. The summed E-state index contributed by atoms with van der Waals surface area (Å²) in [6, 6.07) is 10.6. The summed E-state index contributed by atoms with van der Waals surface area (Å²) < 4.78 is 106. The Hall–Kier alpha value is -4.30. The van der Waals surface area contributed by atoms with Gasteiger partial charge in [-0.3, -0.25) is 9.69 Å². The Morgan fingerprint density at radius 2 is 1.11 bits per heavy atom. The number of nitrogens with one attached hydrogen (secondary N) is 1. The van der Waals surface area contributed by atoms with Gasteiger partial charge in [-0.05, 0) is 36.6 Å². The molecule has 1 aliphatic rings. The lowest BCUT2D eigenvalue weighted by Gasteiger charge is -2.29. The highest BCUT2D eigenvalue weighted by molar-refractivity contribution is 5.95. The second-order valence-corrected chi connectivity index (χ2v) is 14.4. The molecule has 1 saturated heterocycles. The number of hydrogen-bond acceptors (Lipinski definition) is 16. The molecule has 0 aliphatic carbocycles. The zero-order valence-corrected chi connectivity index (χ0v) is 37.1. The molecule has 1 amide bonds. The third kappa shape index (κ3) is 18.8. The number of nitrogens with zero attached hydrogens (tertiary/aromatic N) is 1. The average Bonchev–Trinajstić information content (AvgIpc) is 3.70. The van der Waals surface area contributed by atoms with Gasteiger partial charge in [0.15, 0.2) is 6.10 Å². The summed E-state index contributed by atoms with van der Waals surface area (Å²) >= 11 is 0. The minimum atomic E-state index is -4.64. The molecule has 1 unspecified atom stereocenters. The van der Waals surface area contributed by atoms with Crippen LogP contribution in [0.25, 0.3) is 22.0 Å². The summed E-state index contributed by atoms with van der Waals surface area (Å²) in [4.78, 5) is 42.1. The Kier molecular flexibility index (Phi) is 24.8. The molecule has 0 bridgehead atoms. The lowest BCUT2D eigenvalue weighted by molar-refractivity contribution is -0.178. The Balaban J connectivity index is 0.979. The highest BCUT2D eigenvalue weighted by atomic mass is 19.4. The Morgan fingerprint density at radius 3 is 1.55 bits per heavy atom. The van der Waals surface area contributed by atoms with Gasteiger partial charge in [0, 0.05) is 22.3 Å². The molecule has 0 spiro atoms. The van der Waals surface area contributed by atoms with Crippen molar-refractivity contribution in [3.8, 4) is 11.3 Å². The number of aromatic amines is 1. The first-order valence-electron chi connectivity index (χ1n) is 21.5. The number of anilines is 1. The average molecular weight is 947 g/mol. The fraction of sp³-hybridized carbons (Fsp3) is 0.614. The first kappa shape index (κ1) is 54.3. The molecule has 1 fully saturated rings. The van der Waals surface area contributed by atoms with Crippen LogP contribution in [0.4, 0.5) is 23.7 Å². The number of cyclic esters (lactones) is 1. The second kappa shape index (κ2) is 30.2. The lowest BCUT2D eigenvalue weighted by atomic mass is 9.98. The number of aliphatic hydroxyl groups excluding tert-OH is 1. The third-order valence-electron chi connectivity index (χ3n) is 9.73. The lowest BCUT2D eigenvalue weighted by Crippen LogP contribution is -2.51. The predicted molar refractivity (Wildman–Crippen MR) is 230 cm³/mol. The van der Waals surface area contributed by atoms with E-state index in [4.69, 9.17) is 61.9 Å². The normalized spacial score (nSPS) is 15.1. The van der Waals surface area contributed by atoms with E-state index in [2.05, 4.69) is 4.98 Å². The number of carbonyl (C=O) groups is 2. The smallest absolute Gasteiger partial charge is 0.417 e. The monoisotopic (exact) mass is 946 g/mol. The maximum atomic E-state index is 13.6. The zero-order valence-electron chi connectivity index (χ0n) is 37.1. The maximum Gasteiger partial charge on any atom is 0.417 e. The van der Waals surface area contributed by atoms with E-state index in [-0.39, 0.29) is 61.9 Å². The number of pyridine rings is 1. The van der Waals surface area contributed by atoms with Crippen LogP contribution in [-0.2, 0) is 67.8 Å². The van der Waals surface area contributed by atoms with Gasteiger partial charge in [-0.25, -0.2) is 9.59 Å². The number of hydrogen-bond donors (Lipinski definition) is 3. The quantitative estimate of drug-likeness (QED) is 0.0704. The molecule has 4 rings (SSSR count). The summed E-state index contributed by atoms with van der Waals surface area (Å²) in [7, 11) is 0. The summed E-state index contributed by atoms with van der Waals surface area (Å²) in [5.74, 6) is -1.37. The molecule has 19 nitrogen and oxygen atoms in total. The summed E-state index contributed by atoms with van der Waals surface area (Å²) in [6.45, 7) is 8.54. The number of ether oxygens (including phenoxy) is 12. The van der Waals surface area contributed by atoms with Gasteiger partial charge in [-0.2, -0.15) is 13.2 Å². The number of fused-ring (bicyclic) bond motifs is 1. The van der Waals surface area contributed by atoms with Crippen molar-refractivity contribution in [3.63, 3.8) is 0 Å². The van der Waals surface area contributed by atoms with E-state index < -0.39 is 41.1 Å². The van der Waals surface area contributed by atoms with Gasteiger partial charge >= 0.3 is 18.2 Å². The van der Waals surface area contributed by atoms with E-state index in [1.807, 2.05) is 0 Å². The van der Waals surface area contributed by atoms with Crippen molar-refractivity contribution in [1.82, 2.24) is 4.98 Å². The predicted octanol–water partition coefficient (Wildman–Crippen LogP) is 3.56. The van der Waals surface area contributed by atoms with E-state index in [9.17, 15) is 32.7 Å². The molecule has 0 radical (unpaired) electrons. The number of carboxylic acids is 1. The van der Waals surface area contributed by atoms with Gasteiger partial charge in [0.1, 0.15) is 0 Å². The van der Waals surface area contributed by atoms with Crippen LogP contribution in [0.2, 0.25) is 0 Å². The minimum Gasteiger partial charge on any atom is -0.479 e. The van der Waals surface area contributed by atoms with Crippen molar-refractivity contribution < 1.29 is 89.8 Å². The number of carbonyl (C=O) groups excluding carboxylic acids is 1. The zero-order chi connectivity index (χ0) is 47.5. The first-order chi connectivity index (χ1) is 32.0. The maximum absolute atomic E-state index is 13.6. The SMILES string of the molecule is C[C@@](OCCOCCOCCOCCOCCOCCOCCOCCOCCOCCOCCO)(C(=O)O)C1CN(c2ccc3cc(-c4ccccc4C(F)(F)F)[nH]c(=O)c3c2)C(=O)O1. The summed E-state index contributed by atoms with van der Waals surface area (Å²) in [5.41, 5.74) is -3.55. The van der Waals surface area contributed by atoms with Crippen LogP contribution in [0.1, 0.15) is 12.5 Å². The number of halogens is 3. The van der Waals surface area contributed by atoms with Gasteiger partial charge in [-0.1, -0.05) is 24.3 Å². The molecule has 0 saturated carbocycles. The molecule has 1 aliphatic heterocycles. The molecule has 66 heavy (non-hydrogen) atoms. The number of rotatable bonds is 37. The van der Waals surface area contributed by atoms with Crippen LogP contribution in [0.15, 0.2) is 53.3 Å². The molecule has 2 heterocycles. The number of aliphatic hydroxyl groups is 1. The van der Waals surface area contributed by atoms with Crippen LogP contribution < -0.4 is 10.5 Å². The van der Waals surface area contributed by atoms with E-state index in [0.29, 0.717) is 118 Å². The van der Waals surface area contributed by atoms with Crippen LogP contribution >= 0.6 is 0 Å². The molecule has 2 atom stereocenters. The van der Waals surface area contributed by atoms with Gasteiger partial charge in [0.2, 0.25) is 5.60 Å². The second-order valence-electron chi connectivity index (χ2n) is 14.4. The largest absolute Gasteiger partial charge is 0.479 e. The van der Waals surface area contributed by atoms with Gasteiger partial charge in [0.25, 0.3) is 5.56 Å².